The van der Waals surface area contributed by atoms with Crippen molar-refractivity contribution in [2.24, 2.45) is 5.92 Å². The van der Waals surface area contributed by atoms with Crippen molar-refractivity contribution in [3.8, 4) is 0 Å². The molecule has 0 radical (unpaired) electrons. The molecule has 0 bridgehead atoms. The van der Waals surface area contributed by atoms with Crippen molar-refractivity contribution in [1.29, 1.82) is 0 Å². The van der Waals surface area contributed by atoms with Crippen molar-refractivity contribution in [2.75, 3.05) is 13.1 Å². The number of carbonyl (C=O) groups excluding carboxylic acids is 1. The Kier molecular flexibility index (Phi) is 4.87. The van der Waals surface area contributed by atoms with Crippen LogP contribution in [0.4, 0.5) is 0 Å². The zero-order valence-electron chi connectivity index (χ0n) is 14.4. The third-order valence-corrected chi connectivity index (χ3v) is 5.26. The largest absolute Gasteiger partial charge is 0.294 e. The third-order valence-electron chi connectivity index (χ3n) is 5.01. The zero-order chi connectivity index (χ0) is 17.9. The Balaban J connectivity index is 1.53. The van der Waals surface area contributed by atoms with E-state index in [0.717, 1.165) is 18.7 Å². The molecule has 0 aliphatic carbocycles. The van der Waals surface area contributed by atoms with E-state index in [9.17, 15) is 4.79 Å². The molecule has 2 nitrogen and oxygen atoms in total. The van der Waals surface area contributed by atoms with E-state index < -0.39 is 0 Å². The lowest BCUT2D eigenvalue weighted by molar-refractivity contribution is 0.0503. The summed E-state index contributed by atoms with van der Waals surface area (Å²) in [5, 5.41) is 0.657. The maximum absolute atomic E-state index is 12.7. The molecule has 3 aromatic carbocycles. The van der Waals surface area contributed by atoms with Gasteiger partial charge in [0.05, 0.1) is 6.04 Å². The van der Waals surface area contributed by atoms with E-state index in [-0.39, 0.29) is 17.7 Å². The standard InChI is InChI=1S/C23H20ClNO/c24-21-13-11-19(12-14-21)23(26)20-15-25(16-20)22(17-7-3-1-4-8-17)18-9-5-2-6-10-18/h1-14,20,22H,15-16H2. The van der Waals surface area contributed by atoms with Gasteiger partial charge in [0.25, 0.3) is 0 Å². The van der Waals surface area contributed by atoms with Crippen LogP contribution in [-0.2, 0) is 0 Å². The molecule has 0 spiro atoms. The van der Waals surface area contributed by atoms with Gasteiger partial charge < -0.3 is 0 Å². The first-order chi connectivity index (χ1) is 12.7. The SMILES string of the molecule is O=C(c1ccc(Cl)cc1)C1CN(C(c2ccccc2)c2ccccc2)C1. The molecule has 0 saturated carbocycles. The summed E-state index contributed by atoms with van der Waals surface area (Å²) >= 11 is 5.92. The number of hydrogen-bond acceptors (Lipinski definition) is 2. The third kappa shape index (κ3) is 3.44. The number of hydrogen-bond donors (Lipinski definition) is 0. The summed E-state index contributed by atoms with van der Waals surface area (Å²) in [6, 6.07) is 28.4. The number of benzene rings is 3. The monoisotopic (exact) mass is 361 g/mol. The first-order valence-corrected chi connectivity index (χ1v) is 9.24. The molecule has 1 saturated heterocycles. The molecular weight excluding hydrogens is 342 g/mol. The van der Waals surface area contributed by atoms with Gasteiger partial charge in [0.1, 0.15) is 0 Å². The molecule has 0 unspecified atom stereocenters. The fourth-order valence-corrected chi connectivity index (χ4v) is 3.75. The highest BCUT2D eigenvalue weighted by atomic mass is 35.5. The Morgan fingerprint density at radius 1 is 0.808 bits per heavy atom. The Hall–Kier alpha value is -2.42. The molecule has 1 fully saturated rings. The van der Waals surface area contributed by atoms with Gasteiger partial charge in [-0.25, -0.2) is 0 Å². The normalized spacial score (nSPS) is 15.0. The summed E-state index contributed by atoms with van der Waals surface area (Å²) in [5.74, 6) is 0.254. The van der Waals surface area contributed by atoms with Crippen molar-refractivity contribution >= 4 is 17.4 Å². The number of likely N-dealkylation sites (tertiary alicyclic amines) is 1. The second-order valence-corrected chi connectivity index (χ2v) is 7.18. The lowest BCUT2D eigenvalue weighted by Crippen LogP contribution is -2.51. The summed E-state index contributed by atoms with van der Waals surface area (Å²) in [6.07, 6.45) is 0. The van der Waals surface area contributed by atoms with Crippen LogP contribution in [0.5, 0.6) is 0 Å². The Morgan fingerprint density at radius 3 is 1.81 bits per heavy atom. The van der Waals surface area contributed by atoms with Crippen molar-refractivity contribution in [3.05, 3.63) is 107 Å². The van der Waals surface area contributed by atoms with Gasteiger partial charge in [0.2, 0.25) is 0 Å². The van der Waals surface area contributed by atoms with E-state index >= 15 is 0 Å². The highest BCUT2D eigenvalue weighted by Crippen LogP contribution is 2.35. The average Bonchev–Trinajstić information content (AvgIpc) is 2.66. The number of halogens is 1. The molecule has 3 aromatic rings. The Labute approximate surface area is 159 Å². The fraction of sp³-hybridized carbons (Fsp3) is 0.174. The molecule has 0 N–H and O–H groups in total. The van der Waals surface area contributed by atoms with Gasteiger partial charge in [0, 0.05) is 29.6 Å². The average molecular weight is 362 g/mol. The molecular formula is C23H20ClNO. The lowest BCUT2D eigenvalue weighted by Gasteiger charge is -2.44. The first kappa shape index (κ1) is 17.0. The minimum atomic E-state index is 0.0473. The zero-order valence-corrected chi connectivity index (χ0v) is 15.1. The first-order valence-electron chi connectivity index (χ1n) is 8.86. The molecule has 1 heterocycles. The highest BCUT2D eigenvalue weighted by molar-refractivity contribution is 6.30. The number of nitrogens with zero attached hydrogens (tertiary/aromatic N) is 1. The van der Waals surface area contributed by atoms with Crippen LogP contribution in [0.3, 0.4) is 0 Å². The minimum Gasteiger partial charge on any atom is -0.294 e. The van der Waals surface area contributed by atoms with Crippen LogP contribution in [0.2, 0.25) is 5.02 Å². The topological polar surface area (TPSA) is 20.3 Å². The maximum atomic E-state index is 12.7. The molecule has 130 valence electrons. The van der Waals surface area contributed by atoms with E-state index in [4.69, 9.17) is 11.6 Å². The Morgan fingerprint density at radius 2 is 1.31 bits per heavy atom. The second-order valence-electron chi connectivity index (χ2n) is 6.75. The van der Waals surface area contributed by atoms with E-state index in [0.29, 0.717) is 5.02 Å². The predicted molar refractivity (Wildman–Crippen MR) is 106 cm³/mol. The van der Waals surface area contributed by atoms with Crippen LogP contribution < -0.4 is 0 Å². The molecule has 0 atom stereocenters. The van der Waals surface area contributed by atoms with E-state index in [2.05, 4.69) is 53.4 Å². The van der Waals surface area contributed by atoms with Gasteiger partial charge >= 0.3 is 0 Å². The molecule has 1 aliphatic rings. The van der Waals surface area contributed by atoms with Crippen LogP contribution in [0, 0.1) is 5.92 Å². The van der Waals surface area contributed by atoms with Crippen LogP contribution in [0.25, 0.3) is 0 Å². The smallest absolute Gasteiger partial charge is 0.168 e. The second kappa shape index (κ2) is 7.45. The highest BCUT2D eigenvalue weighted by Gasteiger charge is 2.38. The van der Waals surface area contributed by atoms with E-state index in [1.54, 1.807) is 12.1 Å². The summed E-state index contributed by atoms with van der Waals surface area (Å²) in [7, 11) is 0. The van der Waals surface area contributed by atoms with Gasteiger partial charge in [-0.15, -0.1) is 0 Å². The summed E-state index contributed by atoms with van der Waals surface area (Å²) in [5.41, 5.74) is 3.27. The molecule has 26 heavy (non-hydrogen) atoms. The number of Topliss-reactive ketones (excluding diaryl/α,β-unsaturated/α-hetero) is 1. The summed E-state index contributed by atoms with van der Waals surface area (Å²) in [4.78, 5) is 15.1. The van der Waals surface area contributed by atoms with Gasteiger partial charge in [-0.1, -0.05) is 72.3 Å². The maximum Gasteiger partial charge on any atom is 0.168 e. The summed E-state index contributed by atoms with van der Waals surface area (Å²) < 4.78 is 0. The number of ketones is 1. The molecule has 0 aromatic heterocycles. The summed E-state index contributed by atoms with van der Waals surface area (Å²) in [6.45, 7) is 1.55. The van der Waals surface area contributed by atoms with Gasteiger partial charge in [-0.05, 0) is 35.4 Å². The lowest BCUT2D eigenvalue weighted by atomic mass is 9.86. The molecule has 4 rings (SSSR count). The van der Waals surface area contributed by atoms with Crippen molar-refractivity contribution in [1.82, 2.24) is 4.90 Å². The van der Waals surface area contributed by atoms with Crippen LogP contribution in [0.1, 0.15) is 27.5 Å². The van der Waals surface area contributed by atoms with Crippen LogP contribution in [-0.4, -0.2) is 23.8 Å². The Bertz CT molecular complexity index is 832. The van der Waals surface area contributed by atoms with Crippen molar-refractivity contribution in [3.63, 3.8) is 0 Å². The molecule has 3 heteroatoms. The van der Waals surface area contributed by atoms with E-state index in [1.807, 2.05) is 24.3 Å². The quantitative estimate of drug-likeness (QED) is 0.579. The van der Waals surface area contributed by atoms with E-state index in [1.165, 1.54) is 11.1 Å². The fourth-order valence-electron chi connectivity index (χ4n) is 3.62. The van der Waals surface area contributed by atoms with Crippen molar-refractivity contribution in [2.45, 2.75) is 6.04 Å². The molecule has 1 aliphatic heterocycles. The molecule has 0 amide bonds. The minimum absolute atomic E-state index is 0.0473. The van der Waals surface area contributed by atoms with Crippen LogP contribution >= 0.6 is 11.6 Å². The van der Waals surface area contributed by atoms with Gasteiger partial charge in [-0.2, -0.15) is 0 Å². The number of rotatable bonds is 5. The number of carbonyl (C=O) groups is 1. The van der Waals surface area contributed by atoms with Crippen molar-refractivity contribution < 1.29 is 4.79 Å². The van der Waals surface area contributed by atoms with Gasteiger partial charge in [-0.3, -0.25) is 9.69 Å². The van der Waals surface area contributed by atoms with Gasteiger partial charge in [0.15, 0.2) is 5.78 Å². The van der Waals surface area contributed by atoms with Crippen LogP contribution in [0.15, 0.2) is 84.9 Å². The predicted octanol–water partition coefficient (Wildman–Crippen LogP) is 5.24.